The standard InChI is InChI=1S/C23H31N3O4S/c1-25(21(17-26-13-7-8-14-26)19-9-5-4-6-10-19)23(27)16-18-11-12-22(30-2)20(15-18)24-31(3,28)29/h4-6,9-12,15,21,24H,7-8,13-14,16-17H2,1-3H3/t21-/m1/s1. The molecule has 1 heterocycles. The number of likely N-dealkylation sites (N-methyl/N-ethyl adjacent to an activating group) is 1. The van der Waals surface area contributed by atoms with Crippen LogP contribution in [0.1, 0.15) is 30.0 Å². The van der Waals surface area contributed by atoms with Gasteiger partial charge < -0.3 is 14.5 Å². The molecule has 31 heavy (non-hydrogen) atoms. The lowest BCUT2D eigenvalue weighted by molar-refractivity contribution is -0.131. The van der Waals surface area contributed by atoms with Crippen molar-refractivity contribution < 1.29 is 17.9 Å². The van der Waals surface area contributed by atoms with Crippen LogP contribution in [-0.2, 0) is 21.2 Å². The maximum Gasteiger partial charge on any atom is 0.229 e. The van der Waals surface area contributed by atoms with Crippen molar-refractivity contribution in [3.8, 4) is 5.75 Å². The molecule has 1 saturated heterocycles. The van der Waals surface area contributed by atoms with Crippen LogP contribution in [0.4, 0.5) is 5.69 Å². The van der Waals surface area contributed by atoms with Crippen molar-refractivity contribution >= 4 is 21.6 Å². The van der Waals surface area contributed by atoms with E-state index in [-0.39, 0.29) is 18.4 Å². The van der Waals surface area contributed by atoms with E-state index in [1.807, 2.05) is 30.1 Å². The number of rotatable bonds is 9. The number of ether oxygens (including phenoxy) is 1. The van der Waals surface area contributed by atoms with E-state index in [2.05, 4.69) is 21.8 Å². The molecule has 0 aromatic heterocycles. The normalized spacial score (nSPS) is 15.5. The van der Waals surface area contributed by atoms with Gasteiger partial charge >= 0.3 is 0 Å². The fourth-order valence-corrected chi connectivity index (χ4v) is 4.51. The maximum absolute atomic E-state index is 13.2. The van der Waals surface area contributed by atoms with Gasteiger partial charge in [0.25, 0.3) is 0 Å². The first-order valence-electron chi connectivity index (χ1n) is 10.4. The zero-order valence-electron chi connectivity index (χ0n) is 18.4. The Hall–Kier alpha value is -2.58. The van der Waals surface area contributed by atoms with Gasteiger partial charge in [0.2, 0.25) is 15.9 Å². The Bertz CT molecular complexity index is 989. The zero-order valence-corrected chi connectivity index (χ0v) is 19.2. The Morgan fingerprint density at radius 2 is 1.84 bits per heavy atom. The first-order valence-corrected chi connectivity index (χ1v) is 12.3. The van der Waals surface area contributed by atoms with Crippen LogP contribution in [0.5, 0.6) is 5.75 Å². The number of benzene rings is 2. The monoisotopic (exact) mass is 445 g/mol. The molecule has 168 valence electrons. The number of amides is 1. The summed E-state index contributed by atoms with van der Waals surface area (Å²) in [7, 11) is -0.146. The van der Waals surface area contributed by atoms with E-state index in [1.165, 1.54) is 20.0 Å². The fraction of sp³-hybridized carbons (Fsp3) is 0.435. The van der Waals surface area contributed by atoms with Gasteiger partial charge in [-0.2, -0.15) is 0 Å². The van der Waals surface area contributed by atoms with E-state index < -0.39 is 10.0 Å². The van der Waals surface area contributed by atoms with Gasteiger partial charge in [0.05, 0.1) is 31.5 Å². The minimum absolute atomic E-state index is 0.0245. The molecule has 3 rings (SSSR count). The van der Waals surface area contributed by atoms with E-state index in [4.69, 9.17) is 4.74 Å². The second-order valence-electron chi connectivity index (χ2n) is 8.02. The van der Waals surface area contributed by atoms with Crippen LogP contribution < -0.4 is 9.46 Å². The Morgan fingerprint density at radius 1 is 1.16 bits per heavy atom. The van der Waals surface area contributed by atoms with Gasteiger partial charge in [-0.15, -0.1) is 0 Å². The third kappa shape index (κ3) is 6.45. The number of nitrogens with one attached hydrogen (secondary N) is 1. The van der Waals surface area contributed by atoms with Crippen LogP contribution >= 0.6 is 0 Å². The molecule has 1 amide bonds. The summed E-state index contributed by atoms with van der Waals surface area (Å²) >= 11 is 0. The number of hydrogen-bond donors (Lipinski definition) is 1. The Kier molecular flexibility index (Phi) is 7.56. The lowest BCUT2D eigenvalue weighted by Crippen LogP contribution is -2.39. The number of methoxy groups -OCH3 is 1. The fourth-order valence-electron chi connectivity index (χ4n) is 3.95. The third-order valence-electron chi connectivity index (χ3n) is 5.59. The van der Waals surface area contributed by atoms with Crippen molar-refractivity contribution in [2.24, 2.45) is 0 Å². The highest BCUT2D eigenvalue weighted by molar-refractivity contribution is 7.92. The summed E-state index contributed by atoms with van der Waals surface area (Å²) in [5.41, 5.74) is 2.16. The number of nitrogens with zero attached hydrogens (tertiary/aromatic N) is 2. The first kappa shape index (κ1) is 23.1. The minimum Gasteiger partial charge on any atom is -0.495 e. The van der Waals surface area contributed by atoms with Gasteiger partial charge in [-0.25, -0.2) is 8.42 Å². The lowest BCUT2D eigenvalue weighted by atomic mass is 10.0. The zero-order chi connectivity index (χ0) is 22.4. The topological polar surface area (TPSA) is 79.0 Å². The molecule has 2 aromatic rings. The Morgan fingerprint density at radius 3 is 2.45 bits per heavy atom. The second kappa shape index (κ2) is 10.2. The van der Waals surface area contributed by atoms with Crippen molar-refractivity contribution in [3.05, 3.63) is 59.7 Å². The van der Waals surface area contributed by atoms with E-state index in [0.717, 1.165) is 37.0 Å². The molecule has 1 fully saturated rings. The summed E-state index contributed by atoms with van der Waals surface area (Å²) in [6, 6.07) is 15.2. The summed E-state index contributed by atoms with van der Waals surface area (Å²) in [6.07, 6.45) is 3.64. The highest BCUT2D eigenvalue weighted by Crippen LogP contribution is 2.28. The highest BCUT2D eigenvalue weighted by Gasteiger charge is 2.25. The van der Waals surface area contributed by atoms with Crippen molar-refractivity contribution in [3.63, 3.8) is 0 Å². The van der Waals surface area contributed by atoms with Crippen LogP contribution in [-0.4, -0.2) is 64.2 Å². The largest absolute Gasteiger partial charge is 0.495 e. The molecule has 1 N–H and O–H groups in total. The second-order valence-corrected chi connectivity index (χ2v) is 9.77. The number of anilines is 1. The molecule has 8 heteroatoms. The van der Waals surface area contributed by atoms with E-state index in [0.29, 0.717) is 11.4 Å². The number of carbonyl (C=O) groups excluding carboxylic acids is 1. The van der Waals surface area contributed by atoms with Gasteiger partial charge in [-0.1, -0.05) is 36.4 Å². The number of hydrogen-bond acceptors (Lipinski definition) is 5. The smallest absolute Gasteiger partial charge is 0.229 e. The van der Waals surface area contributed by atoms with Gasteiger partial charge in [0.15, 0.2) is 0 Å². The van der Waals surface area contributed by atoms with Crippen LogP contribution in [0.2, 0.25) is 0 Å². The van der Waals surface area contributed by atoms with E-state index >= 15 is 0 Å². The average Bonchev–Trinajstić information content (AvgIpc) is 3.24. The molecular weight excluding hydrogens is 414 g/mol. The Balaban J connectivity index is 1.79. The highest BCUT2D eigenvalue weighted by atomic mass is 32.2. The number of likely N-dealkylation sites (tertiary alicyclic amines) is 1. The summed E-state index contributed by atoms with van der Waals surface area (Å²) in [5.74, 6) is 0.384. The van der Waals surface area contributed by atoms with Crippen molar-refractivity contribution in [2.45, 2.75) is 25.3 Å². The summed E-state index contributed by atoms with van der Waals surface area (Å²) in [5, 5.41) is 0. The Labute approximate surface area is 185 Å². The minimum atomic E-state index is -3.47. The molecule has 1 aliphatic heterocycles. The van der Waals surface area contributed by atoms with Crippen molar-refractivity contribution in [1.29, 1.82) is 0 Å². The SMILES string of the molecule is COc1ccc(CC(=O)N(C)[C@H](CN2CCCC2)c2ccccc2)cc1NS(C)(=O)=O. The molecule has 0 bridgehead atoms. The number of sulfonamides is 1. The summed E-state index contributed by atoms with van der Waals surface area (Å²) in [6.45, 7) is 2.92. The lowest BCUT2D eigenvalue weighted by Gasteiger charge is -2.32. The van der Waals surface area contributed by atoms with E-state index in [9.17, 15) is 13.2 Å². The van der Waals surface area contributed by atoms with Crippen LogP contribution in [0.3, 0.4) is 0 Å². The molecule has 0 aliphatic carbocycles. The molecule has 0 unspecified atom stereocenters. The van der Waals surface area contributed by atoms with Crippen LogP contribution in [0.15, 0.2) is 48.5 Å². The quantitative estimate of drug-likeness (QED) is 0.642. The number of carbonyl (C=O) groups is 1. The summed E-state index contributed by atoms with van der Waals surface area (Å²) in [4.78, 5) is 17.4. The molecule has 2 aromatic carbocycles. The van der Waals surface area contributed by atoms with Gasteiger partial charge in [-0.3, -0.25) is 9.52 Å². The molecular formula is C23H31N3O4S. The molecule has 0 radical (unpaired) electrons. The van der Waals surface area contributed by atoms with Gasteiger partial charge in [0.1, 0.15) is 5.75 Å². The molecule has 1 aliphatic rings. The van der Waals surface area contributed by atoms with E-state index in [1.54, 1.807) is 18.2 Å². The summed E-state index contributed by atoms with van der Waals surface area (Å²) < 4.78 is 31.0. The van der Waals surface area contributed by atoms with Gasteiger partial charge in [0, 0.05) is 13.6 Å². The third-order valence-corrected chi connectivity index (χ3v) is 6.18. The van der Waals surface area contributed by atoms with Crippen molar-refractivity contribution in [1.82, 2.24) is 9.80 Å². The molecule has 1 atom stereocenters. The van der Waals surface area contributed by atoms with Crippen LogP contribution in [0, 0.1) is 0 Å². The maximum atomic E-state index is 13.2. The molecule has 0 spiro atoms. The molecule has 0 saturated carbocycles. The predicted molar refractivity (Wildman–Crippen MR) is 123 cm³/mol. The van der Waals surface area contributed by atoms with Gasteiger partial charge in [-0.05, 0) is 49.2 Å². The predicted octanol–water partition coefficient (Wildman–Crippen LogP) is 2.90. The first-order chi connectivity index (χ1) is 14.8. The van der Waals surface area contributed by atoms with Crippen molar-refractivity contribution in [2.75, 3.05) is 44.8 Å². The average molecular weight is 446 g/mol. The molecule has 7 nitrogen and oxygen atoms in total. The van der Waals surface area contributed by atoms with Crippen LogP contribution in [0.25, 0.3) is 0 Å².